The monoisotopic (exact) mass is 200 g/mol. The summed E-state index contributed by atoms with van der Waals surface area (Å²) in [5.41, 5.74) is 2.53. The van der Waals surface area contributed by atoms with Crippen molar-refractivity contribution >= 4 is 0 Å². The molecule has 0 aromatic carbocycles. The normalized spacial score (nSPS) is 11.7. The number of hydrogen-bond donors (Lipinski definition) is 0. The highest BCUT2D eigenvalue weighted by Gasteiger charge is 2.14. The van der Waals surface area contributed by atoms with Gasteiger partial charge in [0.2, 0.25) is 0 Å². The van der Waals surface area contributed by atoms with Gasteiger partial charge < -0.3 is 4.57 Å². The largest absolute Gasteiger partial charge is 0.322 e. The van der Waals surface area contributed by atoms with Gasteiger partial charge in [-0.25, -0.2) is 0 Å². The van der Waals surface area contributed by atoms with Crippen LogP contribution in [0, 0.1) is 0 Å². The van der Waals surface area contributed by atoms with E-state index in [0.29, 0.717) is 0 Å². The Kier molecular flexibility index (Phi) is 2.35. The second-order valence-corrected chi connectivity index (χ2v) is 4.77. The van der Waals surface area contributed by atoms with E-state index >= 15 is 0 Å². The van der Waals surface area contributed by atoms with E-state index in [2.05, 4.69) is 36.4 Å². The summed E-state index contributed by atoms with van der Waals surface area (Å²) in [5, 5.41) is 0. The molecule has 2 rings (SSSR count). The summed E-state index contributed by atoms with van der Waals surface area (Å²) in [6, 6.07) is 6.22. The number of pyridine rings is 1. The molecule has 2 nitrogen and oxygen atoms in total. The molecule has 0 aliphatic carbocycles. The molecule has 0 amide bonds. The van der Waals surface area contributed by atoms with E-state index in [1.165, 1.54) is 5.56 Å². The average molecular weight is 200 g/mol. The lowest BCUT2D eigenvalue weighted by Crippen LogP contribution is -2.12. The predicted molar refractivity (Wildman–Crippen MR) is 62.3 cm³/mol. The Morgan fingerprint density at radius 1 is 1.07 bits per heavy atom. The Morgan fingerprint density at radius 2 is 1.73 bits per heavy atom. The van der Waals surface area contributed by atoms with Crippen LogP contribution >= 0.6 is 0 Å². The first kappa shape index (κ1) is 9.97. The van der Waals surface area contributed by atoms with Crippen LogP contribution in [-0.2, 0) is 5.41 Å². The fourth-order valence-electron chi connectivity index (χ4n) is 1.49. The molecule has 0 bridgehead atoms. The maximum absolute atomic E-state index is 4.29. The first-order chi connectivity index (χ1) is 7.07. The summed E-state index contributed by atoms with van der Waals surface area (Å²) in [7, 11) is 0. The standard InChI is InChI=1S/C13H16N2/c1-13(2,3)11-8-12(10-14-9-11)15-6-4-5-7-15/h4-10H,1-3H3. The third-order valence-electron chi connectivity index (χ3n) is 2.49. The summed E-state index contributed by atoms with van der Waals surface area (Å²) in [5.74, 6) is 0. The van der Waals surface area contributed by atoms with E-state index in [4.69, 9.17) is 0 Å². The van der Waals surface area contributed by atoms with Gasteiger partial charge in [-0.1, -0.05) is 20.8 Å². The van der Waals surface area contributed by atoms with E-state index in [0.717, 1.165) is 5.69 Å². The molecule has 78 valence electrons. The van der Waals surface area contributed by atoms with Crippen molar-refractivity contribution in [3.05, 3.63) is 48.5 Å². The predicted octanol–water partition coefficient (Wildman–Crippen LogP) is 3.17. The third kappa shape index (κ3) is 2.09. The van der Waals surface area contributed by atoms with E-state index in [9.17, 15) is 0 Å². The van der Waals surface area contributed by atoms with E-state index < -0.39 is 0 Å². The van der Waals surface area contributed by atoms with Gasteiger partial charge in [-0.2, -0.15) is 0 Å². The van der Waals surface area contributed by atoms with Crippen molar-refractivity contribution in [2.45, 2.75) is 26.2 Å². The highest BCUT2D eigenvalue weighted by molar-refractivity contribution is 5.35. The van der Waals surface area contributed by atoms with Gasteiger partial charge in [0.1, 0.15) is 0 Å². The molecule has 0 saturated carbocycles. The van der Waals surface area contributed by atoms with Crippen LogP contribution in [0.25, 0.3) is 5.69 Å². The molecule has 2 aromatic rings. The molecule has 2 heterocycles. The van der Waals surface area contributed by atoms with E-state index in [1.54, 1.807) is 0 Å². The SMILES string of the molecule is CC(C)(C)c1cncc(-n2cccc2)c1. The Hall–Kier alpha value is -1.57. The molecule has 0 N–H and O–H groups in total. The van der Waals surface area contributed by atoms with Crippen molar-refractivity contribution in [3.63, 3.8) is 0 Å². The van der Waals surface area contributed by atoms with Crippen LogP contribution in [-0.4, -0.2) is 9.55 Å². The molecule has 0 unspecified atom stereocenters. The number of hydrogen-bond acceptors (Lipinski definition) is 1. The minimum atomic E-state index is 0.149. The van der Waals surface area contributed by atoms with Crippen molar-refractivity contribution in [2.75, 3.05) is 0 Å². The minimum Gasteiger partial charge on any atom is -0.322 e. The summed E-state index contributed by atoms with van der Waals surface area (Å²) < 4.78 is 2.07. The molecule has 0 atom stereocenters. The number of aromatic nitrogens is 2. The Labute approximate surface area is 90.6 Å². The summed E-state index contributed by atoms with van der Waals surface area (Å²) in [6.07, 6.45) is 7.88. The van der Waals surface area contributed by atoms with Crippen molar-refractivity contribution < 1.29 is 0 Å². The highest BCUT2D eigenvalue weighted by atomic mass is 15.0. The van der Waals surface area contributed by atoms with Crippen LogP contribution in [0.1, 0.15) is 26.3 Å². The quantitative estimate of drug-likeness (QED) is 0.691. The molecular formula is C13H16N2. The second kappa shape index (κ2) is 3.54. The molecule has 2 heteroatoms. The highest BCUT2D eigenvalue weighted by Crippen LogP contribution is 2.22. The molecule has 0 aliphatic heterocycles. The van der Waals surface area contributed by atoms with Crippen LogP contribution in [0.5, 0.6) is 0 Å². The molecule has 15 heavy (non-hydrogen) atoms. The van der Waals surface area contributed by atoms with Crippen molar-refractivity contribution in [3.8, 4) is 5.69 Å². The van der Waals surface area contributed by atoms with Gasteiger partial charge in [-0.05, 0) is 29.2 Å². The molecule has 0 aliphatic rings. The second-order valence-electron chi connectivity index (χ2n) is 4.77. The van der Waals surface area contributed by atoms with Crippen molar-refractivity contribution in [1.82, 2.24) is 9.55 Å². The van der Waals surface area contributed by atoms with Crippen LogP contribution in [0.15, 0.2) is 43.0 Å². The smallest absolute Gasteiger partial charge is 0.0636 e. The van der Waals surface area contributed by atoms with Gasteiger partial charge in [0.05, 0.1) is 11.9 Å². The van der Waals surface area contributed by atoms with E-state index in [-0.39, 0.29) is 5.41 Å². The van der Waals surface area contributed by atoms with Crippen LogP contribution in [0.4, 0.5) is 0 Å². The Bertz CT molecular complexity index is 436. The van der Waals surface area contributed by atoms with Gasteiger partial charge in [-0.15, -0.1) is 0 Å². The van der Waals surface area contributed by atoms with Crippen LogP contribution in [0.3, 0.4) is 0 Å². The van der Waals surface area contributed by atoms with Gasteiger partial charge in [0.15, 0.2) is 0 Å². The first-order valence-electron chi connectivity index (χ1n) is 5.16. The lowest BCUT2D eigenvalue weighted by molar-refractivity contribution is 0.587. The summed E-state index contributed by atoms with van der Waals surface area (Å²) >= 11 is 0. The van der Waals surface area contributed by atoms with Gasteiger partial charge in [0.25, 0.3) is 0 Å². The average Bonchev–Trinajstić information content (AvgIpc) is 2.69. The number of nitrogens with zero attached hydrogens (tertiary/aromatic N) is 2. The van der Waals surface area contributed by atoms with Gasteiger partial charge in [-0.3, -0.25) is 4.98 Å². The van der Waals surface area contributed by atoms with Gasteiger partial charge >= 0.3 is 0 Å². The minimum absolute atomic E-state index is 0.149. The van der Waals surface area contributed by atoms with Crippen LogP contribution in [0.2, 0.25) is 0 Å². The Balaban J connectivity index is 2.44. The maximum atomic E-state index is 4.29. The molecule has 0 fully saturated rings. The van der Waals surface area contributed by atoms with E-state index in [1.807, 2.05) is 36.9 Å². The fourth-order valence-corrected chi connectivity index (χ4v) is 1.49. The molecule has 2 aromatic heterocycles. The zero-order valence-corrected chi connectivity index (χ0v) is 9.44. The topological polar surface area (TPSA) is 17.8 Å². The third-order valence-corrected chi connectivity index (χ3v) is 2.49. The fraction of sp³-hybridized carbons (Fsp3) is 0.308. The molecule has 0 radical (unpaired) electrons. The van der Waals surface area contributed by atoms with Gasteiger partial charge in [0, 0.05) is 18.6 Å². The zero-order chi connectivity index (χ0) is 10.9. The molecule has 0 saturated heterocycles. The lowest BCUT2D eigenvalue weighted by atomic mass is 9.88. The first-order valence-corrected chi connectivity index (χ1v) is 5.16. The molecular weight excluding hydrogens is 184 g/mol. The van der Waals surface area contributed by atoms with Crippen molar-refractivity contribution in [1.29, 1.82) is 0 Å². The summed E-state index contributed by atoms with van der Waals surface area (Å²) in [4.78, 5) is 4.29. The summed E-state index contributed by atoms with van der Waals surface area (Å²) in [6.45, 7) is 6.59. The van der Waals surface area contributed by atoms with Crippen molar-refractivity contribution in [2.24, 2.45) is 0 Å². The molecule has 0 spiro atoms. The maximum Gasteiger partial charge on any atom is 0.0636 e. The zero-order valence-electron chi connectivity index (χ0n) is 9.44. The number of rotatable bonds is 1. The van der Waals surface area contributed by atoms with Crippen LogP contribution < -0.4 is 0 Å². The Morgan fingerprint density at radius 3 is 2.33 bits per heavy atom. The lowest BCUT2D eigenvalue weighted by Gasteiger charge is -2.19.